The number of H-pyrrole nitrogens is 1. The third-order valence-corrected chi connectivity index (χ3v) is 6.05. The van der Waals surface area contributed by atoms with Crippen LogP contribution in [0.4, 0.5) is 0 Å². The fraction of sp³-hybridized carbons (Fsp3) is 0.0400. The summed E-state index contributed by atoms with van der Waals surface area (Å²) in [4.78, 5) is 9.91. The van der Waals surface area contributed by atoms with Crippen molar-refractivity contribution >= 4 is 48.9 Å². The molecule has 144 valence electrons. The van der Waals surface area contributed by atoms with Crippen molar-refractivity contribution in [3.63, 3.8) is 0 Å². The maximum absolute atomic E-state index is 5.03. The molecule has 0 radical (unpaired) electrons. The maximum atomic E-state index is 5.03. The second-order valence-corrected chi connectivity index (χ2v) is 8.35. The van der Waals surface area contributed by atoms with Crippen molar-refractivity contribution in [3.05, 3.63) is 89.0 Å². The summed E-state index contributed by atoms with van der Waals surface area (Å²) in [6.45, 7) is 2.11. The van der Waals surface area contributed by atoms with Gasteiger partial charge in [0, 0.05) is 31.9 Å². The molecule has 0 saturated heterocycles. The van der Waals surface area contributed by atoms with E-state index in [1.165, 1.54) is 5.56 Å². The van der Waals surface area contributed by atoms with E-state index in [4.69, 9.17) is 9.97 Å². The zero-order valence-corrected chi connectivity index (χ0v) is 17.8. The highest BCUT2D eigenvalue weighted by molar-refractivity contribution is 9.10. The number of nitrogens with zero attached hydrogens (tertiary/aromatic N) is 3. The van der Waals surface area contributed by atoms with Crippen molar-refractivity contribution in [2.45, 2.75) is 6.92 Å². The number of para-hydroxylation sites is 1. The number of halogens is 1. The minimum absolute atomic E-state index is 0.762. The van der Waals surface area contributed by atoms with E-state index in [9.17, 15) is 0 Å². The summed E-state index contributed by atoms with van der Waals surface area (Å²) in [5.74, 6) is 0. The van der Waals surface area contributed by atoms with E-state index in [2.05, 4.69) is 70.4 Å². The Morgan fingerprint density at radius 3 is 2.33 bits per heavy atom. The number of hydrogen-bond donors (Lipinski definition) is 1. The van der Waals surface area contributed by atoms with E-state index in [1.54, 1.807) is 0 Å². The van der Waals surface area contributed by atoms with Crippen LogP contribution in [0.2, 0.25) is 0 Å². The Kier molecular flexibility index (Phi) is 3.80. The van der Waals surface area contributed by atoms with Gasteiger partial charge >= 0.3 is 0 Å². The molecular weight excluding hydrogens is 436 g/mol. The molecule has 0 amide bonds. The van der Waals surface area contributed by atoms with E-state index in [1.807, 2.05) is 41.1 Å². The molecule has 0 aliphatic carbocycles. The van der Waals surface area contributed by atoms with Gasteiger partial charge in [-0.25, -0.2) is 14.6 Å². The number of fused-ring (bicyclic) bond motifs is 4. The highest BCUT2D eigenvalue weighted by Crippen LogP contribution is 2.41. The molecule has 0 fully saturated rings. The van der Waals surface area contributed by atoms with E-state index in [-0.39, 0.29) is 0 Å². The second kappa shape index (κ2) is 6.54. The lowest BCUT2D eigenvalue weighted by atomic mass is 9.97. The number of nitrogens with one attached hydrogen (secondary N) is 1. The molecule has 0 spiro atoms. The van der Waals surface area contributed by atoms with Crippen LogP contribution in [0.3, 0.4) is 0 Å². The van der Waals surface area contributed by atoms with E-state index < -0.39 is 0 Å². The highest BCUT2D eigenvalue weighted by atomic mass is 79.9. The third kappa shape index (κ3) is 2.52. The monoisotopic (exact) mass is 452 g/mol. The first-order valence-electron chi connectivity index (χ1n) is 9.81. The van der Waals surface area contributed by atoms with Crippen LogP contribution < -0.4 is 0 Å². The van der Waals surface area contributed by atoms with Crippen LogP contribution in [0.1, 0.15) is 5.69 Å². The van der Waals surface area contributed by atoms with Gasteiger partial charge in [-0.05, 0) is 42.8 Å². The molecule has 3 heterocycles. The molecule has 6 aromatic rings. The quantitative estimate of drug-likeness (QED) is 0.314. The van der Waals surface area contributed by atoms with Crippen LogP contribution >= 0.6 is 15.9 Å². The Morgan fingerprint density at radius 1 is 0.833 bits per heavy atom. The molecule has 0 aliphatic heterocycles. The molecule has 0 atom stereocenters. The lowest BCUT2D eigenvalue weighted by molar-refractivity contribution is 0.879. The van der Waals surface area contributed by atoms with Crippen LogP contribution in [0, 0.1) is 6.92 Å². The predicted molar refractivity (Wildman–Crippen MR) is 126 cm³/mol. The van der Waals surface area contributed by atoms with Gasteiger partial charge in [-0.3, -0.25) is 5.10 Å². The van der Waals surface area contributed by atoms with Crippen molar-refractivity contribution in [2.24, 2.45) is 0 Å². The minimum atomic E-state index is 0.762. The number of aromatic nitrogens is 4. The minimum Gasteiger partial charge on any atom is -0.296 e. The van der Waals surface area contributed by atoms with Gasteiger partial charge in [0.1, 0.15) is 0 Å². The molecule has 3 aromatic carbocycles. The van der Waals surface area contributed by atoms with Gasteiger partial charge < -0.3 is 0 Å². The maximum Gasteiger partial charge on any atom is 0.164 e. The smallest absolute Gasteiger partial charge is 0.164 e. The van der Waals surface area contributed by atoms with E-state index in [0.29, 0.717) is 0 Å². The van der Waals surface area contributed by atoms with Gasteiger partial charge in [-0.15, -0.1) is 0 Å². The molecule has 6 rings (SSSR count). The number of rotatable bonds is 2. The SMILES string of the molecule is Cc1[nH]n(-c2ccccc2)c2nc3nc4ccc(Br)cc4c3c(-c3ccccc3)c12. The molecular formula is C25H17BrN4. The molecule has 5 heteroatoms. The molecule has 1 N–H and O–H groups in total. The lowest BCUT2D eigenvalue weighted by Crippen LogP contribution is -1.98. The Morgan fingerprint density at radius 2 is 1.57 bits per heavy atom. The molecule has 0 saturated carbocycles. The van der Waals surface area contributed by atoms with Crippen molar-refractivity contribution in [3.8, 4) is 16.8 Å². The van der Waals surface area contributed by atoms with E-state index >= 15 is 0 Å². The first-order chi connectivity index (χ1) is 14.7. The third-order valence-electron chi connectivity index (χ3n) is 5.56. The Bertz CT molecular complexity index is 1550. The van der Waals surface area contributed by atoms with Gasteiger partial charge in [0.15, 0.2) is 11.3 Å². The summed E-state index contributed by atoms with van der Waals surface area (Å²) < 4.78 is 3.08. The first-order valence-corrected chi connectivity index (χ1v) is 10.6. The molecule has 0 aliphatic rings. The largest absolute Gasteiger partial charge is 0.296 e. The van der Waals surface area contributed by atoms with Gasteiger partial charge in [0.25, 0.3) is 0 Å². The normalized spacial score (nSPS) is 11.7. The highest BCUT2D eigenvalue weighted by Gasteiger charge is 2.21. The standard InChI is InChI=1S/C25H17BrN4/c1-15-21-22(16-8-4-2-5-9-16)23-19-14-17(26)12-13-20(19)27-24(23)28-25(21)30(29-15)18-10-6-3-7-11-18/h2-14,29H,1H3. The summed E-state index contributed by atoms with van der Waals surface area (Å²) in [6, 6.07) is 27.0. The van der Waals surface area contributed by atoms with E-state index in [0.717, 1.165) is 54.4 Å². The lowest BCUT2D eigenvalue weighted by Gasteiger charge is -2.08. The van der Waals surface area contributed by atoms with Crippen molar-refractivity contribution in [2.75, 3.05) is 0 Å². The fourth-order valence-electron chi connectivity index (χ4n) is 4.27. The van der Waals surface area contributed by atoms with Gasteiger partial charge in [-0.2, -0.15) is 0 Å². The molecule has 4 nitrogen and oxygen atoms in total. The Labute approximate surface area is 181 Å². The number of benzene rings is 3. The molecule has 3 aromatic heterocycles. The van der Waals surface area contributed by atoms with Gasteiger partial charge in [-0.1, -0.05) is 64.5 Å². The van der Waals surface area contributed by atoms with Crippen LogP contribution in [-0.4, -0.2) is 19.7 Å². The van der Waals surface area contributed by atoms with Crippen molar-refractivity contribution in [1.29, 1.82) is 0 Å². The van der Waals surface area contributed by atoms with Crippen molar-refractivity contribution < 1.29 is 0 Å². The zero-order chi connectivity index (χ0) is 20.2. The number of pyridine rings is 1. The van der Waals surface area contributed by atoms with Crippen LogP contribution in [0.5, 0.6) is 0 Å². The number of aromatic amines is 1. The zero-order valence-electron chi connectivity index (χ0n) is 16.2. The summed E-state index contributed by atoms with van der Waals surface area (Å²) in [5, 5.41) is 6.84. The summed E-state index contributed by atoms with van der Waals surface area (Å²) >= 11 is 3.62. The van der Waals surface area contributed by atoms with Gasteiger partial charge in [0.2, 0.25) is 0 Å². The predicted octanol–water partition coefficient (Wildman–Crippen LogP) is 6.79. The number of hydrogen-bond acceptors (Lipinski definition) is 2. The molecule has 0 unspecified atom stereocenters. The van der Waals surface area contributed by atoms with Crippen LogP contribution in [0.15, 0.2) is 83.3 Å². The Hall–Kier alpha value is -3.44. The molecule has 30 heavy (non-hydrogen) atoms. The summed E-state index contributed by atoms with van der Waals surface area (Å²) in [6.07, 6.45) is 0. The van der Waals surface area contributed by atoms with Crippen LogP contribution in [0.25, 0.3) is 49.8 Å². The first kappa shape index (κ1) is 17.4. The Balaban J connectivity index is 1.85. The second-order valence-electron chi connectivity index (χ2n) is 7.43. The summed E-state index contributed by atoms with van der Waals surface area (Å²) in [7, 11) is 0. The van der Waals surface area contributed by atoms with Crippen LogP contribution in [-0.2, 0) is 0 Å². The average molecular weight is 453 g/mol. The summed E-state index contributed by atoms with van der Waals surface area (Å²) in [5.41, 5.74) is 7.04. The molecule has 0 bridgehead atoms. The fourth-order valence-corrected chi connectivity index (χ4v) is 4.63. The topological polar surface area (TPSA) is 46.5 Å². The number of aryl methyl sites for hydroxylation is 1. The average Bonchev–Trinajstić information content (AvgIpc) is 3.31. The van der Waals surface area contributed by atoms with Crippen molar-refractivity contribution in [1.82, 2.24) is 19.7 Å². The van der Waals surface area contributed by atoms with Gasteiger partial charge in [0.05, 0.1) is 11.2 Å².